The molecule has 0 aliphatic rings. The second-order valence-corrected chi connectivity index (χ2v) is 4.72. The lowest BCUT2D eigenvalue weighted by molar-refractivity contribution is 0.413. The van der Waals surface area contributed by atoms with E-state index in [1.165, 1.54) is 5.56 Å². The first-order valence-electron chi connectivity index (χ1n) is 6.43. The quantitative estimate of drug-likeness (QED) is 0.804. The van der Waals surface area contributed by atoms with Crippen LogP contribution in [0.25, 0.3) is 0 Å². The molecule has 0 aliphatic carbocycles. The molecule has 0 saturated heterocycles. The maximum absolute atomic E-state index is 9.24. The topological polar surface area (TPSA) is 45.0 Å². The van der Waals surface area contributed by atoms with Crippen molar-refractivity contribution in [3.8, 4) is 11.8 Å². The number of nitriles is 1. The fourth-order valence-electron chi connectivity index (χ4n) is 1.77. The highest BCUT2D eigenvalue weighted by molar-refractivity contribution is 5.27. The van der Waals surface area contributed by atoms with Crippen molar-refractivity contribution in [2.75, 3.05) is 13.7 Å². The molecule has 1 aromatic carbocycles. The van der Waals surface area contributed by atoms with Gasteiger partial charge in [-0.15, -0.1) is 0 Å². The van der Waals surface area contributed by atoms with E-state index in [0.29, 0.717) is 0 Å². The zero-order chi connectivity index (χ0) is 13.4. The molecule has 1 aromatic rings. The molecular weight excluding hydrogens is 224 g/mol. The second-order valence-electron chi connectivity index (χ2n) is 4.72. The van der Waals surface area contributed by atoms with Crippen molar-refractivity contribution >= 4 is 0 Å². The van der Waals surface area contributed by atoms with Crippen LogP contribution in [0.4, 0.5) is 0 Å². The number of hydrogen-bond acceptors (Lipinski definition) is 3. The van der Waals surface area contributed by atoms with Gasteiger partial charge in [0.15, 0.2) is 0 Å². The molecule has 0 fully saturated rings. The Morgan fingerprint density at radius 2 is 2.00 bits per heavy atom. The van der Waals surface area contributed by atoms with Crippen LogP contribution in [0.5, 0.6) is 5.75 Å². The molecule has 1 unspecified atom stereocenters. The predicted octanol–water partition coefficient (Wildman–Crippen LogP) is 2.91. The van der Waals surface area contributed by atoms with Gasteiger partial charge in [-0.05, 0) is 50.4 Å². The van der Waals surface area contributed by atoms with E-state index in [-0.39, 0.29) is 0 Å². The number of ether oxygens (including phenoxy) is 1. The zero-order valence-electron chi connectivity index (χ0n) is 11.5. The van der Waals surface area contributed by atoms with Crippen molar-refractivity contribution < 1.29 is 4.74 Å². The highest BCUT2D eigenvalue weighted by Gasteiger charge is 2.21. The number of methoxy groups -OCH3 is 1. The SMILES string of the molecule is CCCNC(C)(C#N)CCc1ccc(OC)cc1. The number of nitrogens with zero attached hydrogens (tertiary/aromatic N) is 1. The molecule has 1 N–H and O–H groups in total. The van der Waals surface area contributed by atoms with E-state index < -0.39 is 5.54 Å². The van der Waals surface area contributed by atoms with Gasteiger partial charge < -0.3 is 4.74 Å². The van der Waals surface area contributed by atoms with Crippen LogP contribution in [-0.2, 0) is 6.42 Å². The predicted molar refractivity (Wildman–Crippen MR) is 73.6 cm³/mol. The Morgan fingerprint density at radius 1 is 1.33 bits per heavy atom. The monoisotopic (exact) mass is 246 g/mol. The van der Waals surface area contributed by atoms with Crippen LogP contribution < -0.4 is 10.1 Å². The highest BCUT2D eigenvalue weighted by Crippen LogP contribution is 2.16. The van der Waals surface area contributed by atoms with Crippen LogP contribution in [0.1, 0.15) is 32.3 Å². The third-order valence-electron chi connectivity index (χ3n) is 3.08. The van der Waals surface area contributed by atoms with E-state index in [4.69, 9.17) is 4.74 Å². The van der Waals surface area contributed by atoms with E-state index in [0.717, 1.165) is 31.6 Å². The van der Waals surface area contributed by atoms with Gasteiger partial charge >= 0.3 is 0 Å². The summed E-state index contributed by atoms with van der Waals surface area (Å²) < 4.78 is 5.12. The summed E-state index contributed by atoms with van der Waals surface area (Å²) in [5, 5.41) is 12.5. The molecule has 0 spiro atoms. The zero-order valence-corrected chi connectivity index (χ0v) is 11.5. The molecule has 3 heteroatoms. The summed E-state index contributed by atoms with van der Waals surface area (Å²) in [6, 6.07) is 10.4. The van der Waals surface area contributed by atoms with Crippen LogP contribution in [0.2, 0.25) is 0 Å². The first-order chi connectivity index (χ1) is 8.63. The fraction of sp³-hybridized carbons (Fsp3) is 0.533. The van der Waals surface area contributed by atoms with Crippen LogP contribution in [0.3, 0.4) is 0 Å². The maximum Gasteiger partial charge on any atom is 0.118 e. The third kappa shape index (κ3) is 4.38. The van der Waals surface area contributed by atoms with Gasteiger partial charge in [0.1, 0.15) is 11.3 Å². The number of aryl methyl sites for hydroxylation is 1. The molecule has 0 radical (unpaired) electrons. The molecule has 3 nitrogen and oxygen atoms in total. The van der Waals surface area contributed by atoms with Crippen molar-refractivity contribution in [3.63, 3.8) is 0 Å². The number of benzene rings is 1. The Balaban J connectivity index is 2.54. The minimum atomic E-state index is -0.435. The molecule has 1 rings (SSSR count). The van der Waals surface area contributed by atoms with Gasteiger partial charge in [-0.25, -0.2) is 0 Å². The summed E-state index contributed by atoms with van der Waals surface area (Å²) in [6.07, 6.45) is 2.75. The van der Waals surface area contributed by atoms with E-state index in [1.54, 1.807) is 7.11 Å². The molecule has 0 bridgehead atoms. The molecule has 1 atom stereocenters. The molecule has 0 amide bonds. The molecule has 0 heterocycles. The van der Waals surface area contributed by atoms with Gasteiger partial charge in [0, 0.05) is 0 Å². The smallest absolute Gasteiger partial charge is 0.118 e. The van der Waals surface area contributed by atoms with E-state index in [2.05, 4.69) is 30.4 Å². The van der Waals surface area contributed by atoms with Gasteiger partial charge in [-0.2, -0.15) is 5.26 Å². The first-order valence-corrected chi connectivity index (χ1v) is 6.43. The lowest BCUT2D eigenvalue weighted by Gasteiger charge is -2.23. The summed E-state index contributed by atoms with van der Waals surface area (Å²) in [5.41, 5.74) is 0.797. The van der Waals surface area contributed by atoms with Crippen LogP contribution in [-0.4, -0.2) is 19.2 Å². The van der Waals surface area contributed by atoms with E-state index in [1.807, 2.05) is 19.1 Å². The Kier molecular flexibility index (Phi) is 5.67. The molecular formula is C15H22N2O. The summed E-state index contributed by atoms with van der Waals surface area (Å²) in [7, 11) is 1.66. The normalized spacial score (nSPS) is 13.7. The molecule has 0 aromatic heterocycles. The third-order valence-corrected chi connectivity index (χ3v) is 3.08. The minimum absolute atomic E-state index is 0.435. The number of hydrogen-bond donors (Lipinski definition) is 1. The standard InChI is InChI=1S/C15H22N2O/c1-4-11-17-15(2,12-16)10-9-13-5-7-14(18-3)8-6-13/h5-8,17H,4,9-11H2,1-3H3. The van der Waals surface area contributed by atoms with Crippen molar-refractivity contribution in [3.05, 3.63) is 29.8 Å². The molecule has 0 aliphatic heterocycles. The van der Waals surface area contributed by atoms with Crippen LogP contribution >= 0.6 is 0 Å². The molecule has 98 valence electrons. The Hall–Kier alpha value is -1.53. The van der Waals surface area contributed by atoms with Crippen molar-refractivity contribution in [1.29, 1.82) is 5.26 Å². The van der Waals surface area contributed by atoms with Gasteiger partial charge in [0.05, 0.1) is 13.2 Å². The number of rotatable bonds is 7. The second kappa shape index (κ2) is 7.03. The van der Waals surface area contributed by atoms with Gasteiger partial charge in [0.2, 0.25) is 0 Å². The lowest BCUT2D eigenvalue weighted by atomic mass is 9.94. The Labute approximate surface area is 110 Å². The van der Waals surface area contributed by atoms with E-state index in [9.17, 15) is 5.26 Å². The highest BCUT2D eigenvalue weighted by atomic mass is 16.5. The largest absolute Gasteiger partial charge is 0.497 e. The average Bonchev–Trinajstić information content (AvgIpc) is 2.43. The Bertz CT molecular complexity index is 394. The van der Waals surface area contributed by atoms with Crippen molar-refractivity contribution in [2.24, 2.45) is 0 Å². The number of nitrogens with one attached hydrogen (secondary N) is 1. The summed E-state index contributed by atoms with van der Waals surface area (Å²) >= 11 is 0. The van der Waals surface area contributed by atoms with Gasteiger partial charge in [-0.1, -0.05) is 19.1 Å². The summed E-state index contributed by atoms with van der Waals surface area (Å²) in [5.74, 6) is 0.867. The first kappa shape index (κ1) is 14.5. The molecule has 18 heavy (non-hydrogen) atoms. The van der Waals surface area contributed by atoms with Crippen molar-refractivity contribution in [1.82, 2.24) is 5.32 Å². The summed E-state index contributed by atoms with van der Waals surface area (Å²) in [4.78, 5) is 0. The maximum atomic E-state index is 9.24. The van der Waals surface area contributed by atoms with Gasteiger partial charge in [0.25, 0.3) is 0 Å². The molecule has 0 saturated carbocycles. The van der Waals surface area contributed by atoms with E-state index >= 15 is 0 Å². The van der Waals surface area contributed by atoms with Gasteiger partial charge in [-0.3, -0.25) is 5.32 Å². The average molecular weight is 246 g/mol. The minimum Gasteiger partial charge on any atom is -0.497 e. The van der Waals surface area contributed by atoms with Crippen LogP contribution in [0, 0.1) is 11.3 Å². The Morgan fingerprint density at radius 3 is 2.50 bits per heavy atom. The van der Waals surface area contributed by atoms with Crippen LogP contribution in [0.15, 0.2) is 24.3 Å². The fourth-order valence-corrected chi connectivity index (χ4v) is 1.77. The van der Waals surface area contributed by atoms with Crippen molar-refractivity contribution in [2.45, 2.75) is 38.6 Å². The lowest BCUT2D eigenvalue weighted by Crippen LogP contribution is -2.41. The summed E-state index contributed by atoms with van der Waals surface area (Å²) in [6.45, 7) is 4.95.